The molecule has 1 spiro atoms. The Morgan fingerprint density at radius 2 is 1.86 bits per heavy atom. The van der Waals surface area contributed by atoms with E-state index in [1.807, 2.05) is 30.2 Å². The highest BCUT2D eigenvalue weighted by atomic mass is 16.5. The van der Waals surface area contributed by atoms with E-state index in [4.69, 9.17) is 4.74 Å². The first kappa shape index (κ1) is 23.2. The summed E-state index contributed by atoms with van der Waals surface area (Å²) in [6.45, 7) is 6.08. The number of aryl methyl sites for hydroxylation is 2. The predicted molar refractivity (Wildman–Crippen MR) is 140 cm³/mol. The predicted octanol–water partition coefficient (Wildman–Crippen LogP) is 4.62. The van der Waals surface area contributed by atoms with Crippen LogP contribution in [-0.2, 0) is 17.6 Å². The minimum Gasteiger partial charge on any atom is -0.495 e. The van der Waals surface area contributed by atoms with Crippen LogP contribution in [0.2, 0.25) is 0 Å². The van der Waals surface area contributed by atoms with Gasteiger partial charge in [0.15, 0.2) is 0 Å². The molecule has 1 aliphatic carbocycles. The van der Waals surface area contributed by atoms with Crippen molar-refractivity contribution in [1.82, 2.24) is 19.8 Å². The van der Waals surface area contributed by atoms with Crippen molar-refractivity contribution in [3.63, 3.8) is 0 Å². The molecule has 186 valence electrons. The van der Waals surface area contributed by atoms with Crippen LogP contribution in [0, 0.1) is 12.3 Å². The summed E-state index contributed by atoms with van der Waals surface area (Å²) >= 11 is 0. The molecule has 0 N–H and O–H groups in total. The summed E-state index contributed by atoms with van der Waals surface area (Å²) in [7, 11) is 1.62. The molecule has 0 bridgehead atoms. The molecule has 6 rings (SSSR count). The van der Waals surface area contributed by atoms with Gasteiger partial charge in [-0.1, -0.05) is 18.2 Å². The Morgan fingerprint density at radius 1 is 1.06 bits per heavy atom. The van der Waals surface area contributed by atoms with Gasteiger partial charge in [-0.05, 0) is 84.5 Å². The molecule has 1 atom stereocenters. The lowest BCUT2D eigenvalue weighted by molar-refractivity contribution is -0.136. The second-order valence-electron chi connectivity index (χ2n) is 10.8. The van der Waals surface area contributed by atoms with Gasteiger partial charge in [-0.2, -0.15) is 0 Å². The van der Waals surface area contributed by atoms with Crippen molar-refractivity contribution in [3.05, 3.63) is 77.4 Å². The maximum absolute atomic E-state index is 12.8. The average Bonchev–Trinajstić information content (AvgIpc) is 3.31. The second kappa shape index (κ2) is 9.32. The van der Waals surface area contributed by atoms with Crippen LogP contribution in [-0.4, -0.2) is 59.0 Å². The van der Waals surface area contributed by atoms with Crippen molar-refractivity contribution in [2.45, 2.75) is 45.1 Å². The van der Waals surface area contributed by atoms with Gasteiger partial charge >= 0.3 is 0 Å². The zero-order valence-electron chi connectivity index (χ0n) is 21.2. The topological polar surface area (TPSA) is 58.6 Å². The molecule has 3 aromatic rings. The maximum Gasteiger partial charge on any atom is 0.228 e. The van der Waals surface area contributed by atoms with E-state index in [0.717, 1.165) is 62.6 Å². The van der Waals surface area contributed by atoms with Gasteiger partial charge in [-0.3, -0.25) is 19.7 Å². The standard InChI is InChI=1S/C30H34N4O2/c1-21-15-23(9-12-31-21)22-3-7-27-24(16-22)4-8-28(27)34-19-30(20-34)10-13-33(14-11-30)29(35)17-25-5-6-26(36-2)18-32-25/h3,5-7,9,12,15-16,18,28H,4,8,10-11,13-14,17,19-20H2,1-2H3. The molecule has 2 aliphatic heterocycles. The Morgan fingerprint density at radius 3 is 2.58 bits per heavy atom. The van der Waals surface area contributed by atoms with Gasteiger partial charge in [0.05, 0.1) is 19.7 Å². The van der Waals surface area contributed by atoms with Gasteiger partial charge in [0.1, 0.15) is 5.75 Å². The molecule has 0 saturated carbocycles. The van der Waals surface area contributed by atoms with E-state index in [1.165, 1.54) is 28.7 Å². The van der Waals surface area contributed by atoms with Gasteiger partial charge in [0, 0.05) is 49.8 Å². The normalized spacial score (nSPS) is 20.7. The zero-order valence-corrected chi connectivity index (χ0v) is 21.2. The van der Waals surface area contributed by atoms with E-state index < -0.39 is 0 Å². The van der Waals surface area contributed by atoms with Crippen molar-refractivity contribution in [2.75, 3.05) is 33.3 Å². The molecule has 3 aliphatic rings. The molecular formula is C30H34N4O2. The molecule has 6 heteroatoms. The van der Waals surface area contributed by atoms with Crippen LogP contribution in [0.3, 0.4) is 0 Å². The van der Waals surface area contributed by atoms with Crippen LogP contribution < -0.4 is 4.74 Å². The summed E-state index contributed by atoms with van der Waals surface area (Å²) in [4.78, 5) is 26.2. The van der Waals surface area contributed by atoms with Crippen LogP contribution in [0.4, 0.5) is 0 Å². The number of rotatable bonds is 5. The van der Waals surface area contributed by atoms with Crippen LogP contribution >= 0.6 is 0 Å². The van der Waals surface area contributed by atoms with Gasteiger partial charge in [0.2, 0.25) is 5.91 Å². The fraction of sp³-hybridized carbons (Fsp3) is 0.433. The van der Waals surface area contributed by atoms with Crippen LogP contribution in [0.25, 0.3) is 11.1 Å². The summed E-state index contributed by atoms with van der Waals surface area (Å²) in [5.74, 6) is 0.901. The lowest BCUT2D eigenvalue weighted by Crippen LogP contribution is -2.61. The number of amides is 1. The summed E-state index contributed by atoms with van der Waals surface area (Å²) < 4.78 is 5.16. The minimum atomic E-state index is 0.184. The number of nitrogens with zero attached hydrogens (tertiary/aromatic N) is 4. The average molecular weight is 483 g/mol. The number of hydrogen-bond acceptors (Lipinski definition) is 5. The number of fused-ring (bicyclic) bond motifs is 1. The van der Waals surface area contributed by atoms with Gasteiger partial charge in [-0.15, -0.1) is 0 Å². The van der Waals surface area contributed by atoms with Crippen molar-refractivity contribution in [3.8, 4) is 16.9 Å². The van der Waals surface area contributed by atoms with Crippen molar-refractivity contribution < 1.29 is 9.53 Å². The largest absolute Gasteiger partial charge is 0.495 e. The SMILES string of the molecule is COc1ccc(CC(=O)N2CCC3(CC2)CN(C2CCc4cc(-c5ccnc(C)c5)ccc42)C3)nc1. The number of carbonyl (C=O) groups is 1. The molecule has 36 heavy (non-hydrogen) atoms. The number of carbonyl (C=O) groups excluding carboxylic acids is 1. The van der Waals surface area contributed by atoms with E-state index >= 15 is 0 Å². The highest BCUT2D eigenvalue weighted by molar-refractivity contribution is 5.78. The Hall–Kier alpha value is -3.25. The summed E-state index contributed by atoms with van der Waals surface area (Å²) in [5.41, 5.74) is 7.80. The number of ether oxygens (including phenoxy) is 1. The number of likely N-dealkylation sites (tertiary alicyclic amines) is 2. The molecule has 2 saturated heterocycles. The Kier molecular flexibility index (Phi) is 6.00. The maximum atomic E-state index is 12.8. The molecular weight excluding hydrogens is 448 g/mol. The molecule has 6 nitrogen and oxygen atoms in total. The Bertz CT molecular complexity index is 1260. The number of piperidine rings is 1. The summed E-state index contributed by atoms with van der Waals surface area (Å²) in [6.07, 6.45) is 8.51. The summed E-state index contributed by atoms with van der Waals surface area (Å²) in [6, 6.07) is 15.6. The van der Waals surface area contributed by atoms with E-state index in [2.05, 4.69) is 45.2 Å². The monoisotopic (exact) mass is 482 g/mol. The first-order valence-electron chi connectivity index (χ1n) is 13.1. The molecule has 0 radical (unpaired) electrons. The van der Waals surface area contributed by atoms with E-state index in [1.54, 1.807) is 13.3 Å². The van der Waals surface area contributed by atoms with Crippen molar-refractivity contribution in [2.24, 2.45) is 5.41 Å². The molecule has 1 unspecified atom stereocenters. The summed E-state index contributed by atoms with van der Waals surface area (Å²) in [5, 5.41) is 0. The van der Waals surface area contributed by atoms with Gasteiger partial charge in [-0.25, -0.2) is 0 Å². The van der Waals surface area contributed by atoms with E-state index in [9.17, 15) is 4.79 Å². The highest BCUT2D eigenvalue weighted by Crippen LogP contribution is 2.48. The smallest absolute Gasteiger partial charge is 0.228 e. The molecule has 2 aromatic heterocycles. The number of pyridine rings is 2. The van der Waals surface area contributed by atoms with Crippen molar-refractivity contribution >= 4 is 5.91 Å². The number of methoxy groups -OCH3 is 1. The van der Waals surface area contributed by atoms with Crippen LogP contribution in [0.15, 0.2) is 54.9 Å². The lowest BCUT2D eigenvalue weighted by Gasteiger charge is -2.56. The molecule has 2 fully saturated rings. The fourth-order valence-electron chi connectivity index (χ4n) is 6.36. The number of hydrogen-bond donors (Lipinski definition) is 0. The van der Waals surface area contributed by atoms with Crippen LogP contribution in [0.1, 0.15) is 47.8 Å². The minimum absolute atomic E-state index is 0.184. The second-order valence-corrected chi connectivity index (χ2v) is 10.8. The molecule has 4 heterocycles. The number of benzene rings is 1. The van der Waals surface area contributed by atoms with Gasteiger partial charge < -0.3 is 9.64 Å². The quantitative estimate of drug-likeness (QED) is 0.531. The molecule has 1 aromatic carbocycles. The number of aromatic nitrogens is 2. The third-order valence-corrected chi connectivity index (χ3v) is 8.48. The first-order chi connectivity index (χ1) is 17.5. The van der Waals surface area contributed by atoms with E-state index in [0.29, 0.717) is 17.9 Å². The fourth-order valence-corrected chi connectivity index (χ4v) is 6.36. The Labute approximate surface area is 213 Å². The highest BCUT2D eigenvalue weighted by Gasteiger charge is 2.48. The van der Waals surface area contributed by atoms with E-state index in [-0.39, 0.29) is 5.91 Å². The lowest BCUT2D eigenvalue weighted by atomic mass is 9.71. The van der Waals surface area contributed by atoms with Crippen molar-refractivity contribution in [1.29, 1.82) is 0 Å². The zero-order chi connectivity index (χ0) is 24.7. The van der Waals surface area contributed by atoms with Crippen LogP contribution in [0.5, 0.6) is 5.75 Å². The third kappa shape index (κ3) is 4.39. The molecule has 1 amide bonds. The van der Waals surface area contributed by atoms with Gasteiger partial charge in [0.25, 0.3) is 0 Å². The third-order valence-electron chi connectivity index (χ3n) is 8.48. The Balaban J connectivity index is 1.04. The first-order valence-corrected chi connectivity index (χ1v) is 13.1.